The van der Waals surface area contributed by atoms with Crippen LogP contribution in [0.15, 0.2) is 71.3 Å². The Morgan fingerprint density at radius 1 is 0.943 bits per heavy atom. The highest BCUT2D eigenvalue weighted by Gasteiger charge is 2.18. The number of amides is 2. The summed E-state index contributed by atoms with van der Waals surface area (Å²) in [5.74, 6) is -0.00586. The minimum atomic E-state index is -0.277. The number of nitrogens with one attached hydrogen (secondary N) is 3. The van der Waals surface area contributed by atoms with E-state index in [1.165, 1.54) is 6.20 Å². The van der Waals surface area contributed by atoms with Crippen molar-refractivity contribution in [2.45, 2.75) is 45.7 Å². The highest BCUT2D eigenvalue weighted by molar-refractivity contribution is 5.94. The fraction of sp³-hybridized carbons (Fsp3) is 0.259. The smallest absolute Gasteiger partial charge is 0.288 e. The van der Waals surface area contributed by atoms with Gasteiger partial charge in [-0.05, 0) is 43.5 Å². The molecule has 0 spiro atoms. The number of carbonyl (C=O) groups is 2. The molecule has 0 saturated carbocycles. The maximum atomic E-state index is 12.7. The number of aromatic nitrogens is 3. The van der Waals surface area contributed by atoms with Gasteiger partial charge in [-0.3, -0.25) is 14.7 Å². The Hall–Kier alpha value is -4.20. The summed E-state index contributed by atoms with van der Waals surface area (Å²) < 4.78 is 5.73. The van der Waals surface area contributed by atoms with Gasteiger partial charge in [-0.25, -0.2) is 4.98 Å². The van der Waals surface area contributed by atoms with Gasteiger partial charge in [-0.15, -0.1) is 0 Å². The van der Waals surface area contributed by atoms with Gasteiger partial charge in [0.05, 0.1) is 17.9 Å². The molecule has 1 atom stereocenters. The first-order valence-corrected chi connectivity index (χ1v) is 11.8. The van der Waals surface area contributed by atoms with E-state index in [9.17, 15) is 9.59 Å². The van der Waals surface area contributed by atoms with Gasteiger partial charge >= 0.3 is 0 Å². The van der Waals surface area contributed by atoms with Crippen LogP contribution in [-0.4, -0.2) is 33.0 Å². The normalized spacial score (nSPS) is 11.9. The van der Waals surface area contributed by atoms with Crippen LogP contribution in [0.5, 0.6) is 0 Å². The van der Waals surface area contributed by atoms with Crippen LogP contribution in [0.25, 0.3) is 22.7 Å². The number of benzene rings is 2. The Labute approximate surface area is 204 Å². The average Bonchev–Trinajstić information content (AvgIpc) is 3.58. The molecule has 0 aliphatic carbocycles. The summed E-state index contributed by atoms with van der Waals surface area (Å²) in [7, 11) is 0. The lowest BCUT2D eigenvalue weighted by atomic mass is 10.1. The Morgan fingerprint density at radius 3 is 2.43 bits per heavy atom. The second-order valence-corrected chi connectivity index (χ2v) is 8.37. The van der Waals surface area contributed by atoms with E-state index in [-0.39, 0.29) is 29.7 Å². The first kappa shape index (κ1) is 23.9. The van der Waals surface area contributed by atoms with E-state index < -0.39 is 0 Å². The summed E-state index contributed by atoms with van der Waals surface area (Å²) in [6, 6.07) is 18.9. The van der Waals surface area contributed by atoms with E-state index in [0.29, 0.717) is 22.8 Å². The predicted octanol–water partition coefficient (Wildman–Crippen LogP) is 5.14. The van der Waals surface area contributed by atoms with E-state index in [1.807, 2.05) is 75.4 Å². The fourth-order valence-corrected chi connectivity index (χ4v) is 3.76. The molecule has 4 aromatic rings. The van der Waals surface area contributed by atoms with Gasteiger partial charge in [0, 0.05) is 17.2 Å². The molecule has 0 aliphatic heterocycles. The number of hydrogen-bond donors (Lipinski definition) is 3. The Kier molecular flexibility index (Phi) is 7.40. The van der Waals surface area contributed by atoms with Crippen LogP contribution in [0.4, 0.5) is 0 Å². The molecular formula is C27H29N5O3. The molecule has 2 amide bonds. The second-order valence-electron chi connectivity index (χ2n) is 8.37. The third kappa shape index (κ3) is 5.66. The van der Waals surface area contributed by atoms with E-state index in [2.05, 4.69) is 25.8 Å². The third-order valence-electron chi connectivity index (χ3n) is 5.93. The number of H-pyrrole nitrogens is 1. The molecule has 0 saturated heterocycles. The van der Waals surface area contributed by atoms with Gasteiger partial charge in [-0.1, -0.05) is 56.3 Å². The van der Waals surface area contributed by atoms with Crippen LogP contribution >= 0.6 is 0 Å². The van der Waals surface area contributed by atoms with Crippen molar-refractivity contribution in [2.75, 3.05) is 0 Å². The maximum absolute atomic E-state index is 12.7. The first-order chi connectivity index (χ1) is 17.0. The van der Waals surface area contributed by atoms with Gasteiger partial charge < -0.3 is 15.1 Å². The van der Waals surface area contributed by atoms with Crippen LogP contribution in [-0.2, 0) is 0 Å². The van der Waals surface area contributed by atoms with Crippen LogP contribution in [0.2, 0.25) is 0 Å². The van der Waals surface area contributed by atoms with Crippen molar-refractivity contribution in [3.63, 3.8) is 0 Å². The van der Waals surface area contributed by atoms with Crippen LogP contribution in [0.3, 0.4) is 0 Å². The Balaban J connectivity index is 1.47. The van der Waals surface area contributed by atoms with Crippen molar-refractivity contribution in [3.8, 4) is 22.7 Å². The molecule has 3 N–H and O–H groups in total. The highest BCUT2D eigenvalue weighted by Crippen LogP contribution is 2.26. The number of rotatable bonds is 9. The first-order valence-electron chi connectivity index (χ1n) is 11.8. The zero-order valence-electron chi connectivity index (χ0n) is 20.0. The zero-order valence-corrected chi connectivity index (χ0v) is 20.0. The van der Waals surface area contributed by atoms with Gasteiger partial charge in [-0.2, -0.15) is 5.10 Å². The van der Waals surface area contributed by atoms with E-state index >= 15 is 0 Å². The molecule has 0 aliphatic rings. The van der Waals surface area contributed by atoms with Crippen molar-refractivity contribution in [3.05, 3.63) is 83.9 Å². The van der Waals surface area contributed by atoms with E-state index in [4.69, 9.17) is 4.42 Å². The van der Waals surface area contributed by atoms with Crippen LogP contribution in [0.1, 0.15) is 66.3 Å². The molecule has 0 bridgehead atoms. The Bertz CT molecular complexity index is 1290. The standard InChI is InChI=1S/C27H29N5O3/c1-4-21(5-2)30-26(34)24-16-28-27(35-24)20-13-9-12-19(14-20)22-15-23(32-31-22)25(33)29-17(3)18-10-7-6-8-11-18/h6-17,21H,4-5H2,1-3H3,(H,29,33)(H,30,34)(H,31,32)/t17-/m0/s1. The minimum absolute atomic E-state index is 0.0983. The lowest BCUT2D eigenvalue weighted by Crippen LogP contribution is -2.33. The van der Waals surface area contributed by atoms with Gasteiger partial charge in [0.1, 0.15) is 5.69 Å². The van der Waals surface area contributed by atoms with Crippen molar-refractivity contribution in [1.82, 2.24) is 25.8 Å². The van der Waals surface area contributed by atoms with Crippen LogP contribution in [0, 0.1) is 0 Å². The van der Waals surface area contributed by atoms with Gasteiger partial charge in [0.2, 0.25) is 11.7 Å². The number of carbonyl (C=O) groups excluding carboxylic acids is 2. The van der Waals surface area contributed by atoms with E-state index in [0.717, 1.165) is 24.0 Å². The number of oxazole rings is 1. The quantitative estimate of drug-likeness (QED) is 0.313. The minimum Gasteiger partial charge on any atom is -0.431 e. The molecule has 35 heavy (non-hydrogen) atoms. The summed E-state index contributed by atoms with van der Waals surface area (Å²) in [5, 5.41) is 13.0. The van der Waals surface area contributed by atoms with Crippen molar-refractivity contribution < 1.29 is 14.0 Å². The Morgan fingerprint density at radius 2 is 1.69 bits per heavy atom. The van der Waals surface area contributed by atoms with Crippen molar-refractivity contribution in [2.24, 2.45) is 0 Å². The summed E-state index contributed by atoms with van der Waals surface area (Å²) >= 11 is 0. The summed E-state index contributed by atoms with van der Waals surface area (Å²) in [4.78, 5) is 29.4. The third-order valence-corrected chi connectivity index (χ3v) is 5.93. The molecule has 2 heterocycles. The highest BCUT2D eigenvalue weighted by atomic mass is 16.4. The number of aromatic amines is 1. The fourth-order valence-electron chi connectivity index (χ4n) is 3.76. The van der Waals surface area contributed by atoms with E-state index in [1.54, 1.807) is 6.07 Å². The molecule has 0 radical (unpaired) electrons. The molecule has 2 aromatic heterocycles. The van der Waals surface area contributed by atoms with Gasteiger partial charge in [0.15, 0.2) is 0 Å². The molecule has 2 aromatic carbocycles. The zero-order chi connectivity index (χ0) is 24.8. The SMILES string of the molecule is CCC(CC)NC(=O)c1cnc(-c2cccc(-c3cc(C(=O)N[C@@H](C)c4ccccc4)[nH]n3)c2)o1. The lowest BCUT2D eigenvalue weighted by Gasteiger charge is -2.13. The largest absolute Gasteiger partial charge is 0.431 e. The molecule has 0 unspecified atom stereocenters. The summed E-state index contributed by atoms with van der Waals surface area (Å²) in [6.07, 6.45) is 3.13. The molecule has 8 heteroatoms. The van der Waals surface area contributed by atoms with Gasteiger partial charge in [0.25, 0.3) is 11.8 Å². The molecule has 0 fully saturated rings. The summed E-state index contributed by atoms with van der Waals surface area (Å²) in [6.45, 7) is 5.99. The molecular weight excluding hydrogens is 442 g/mol. The molecule has 180 valence electrons. The molecule has 8 nitrogen and oxygen atoms in total. The number of nitrogens with zero attached hydrogens (tertiary/aromatic N) is 2. The maximum Gasteiger partial charge on any atom is 0.288 e. The average molecular weight is 472 g/mol. The topological polar surface area (TPSA) is 113 Å². The second kappa shape index (κ2) is 10.8. The monoisotopic (exact) mass is 471 g/mol. The van der Waals surface area contributed by atoms with Crippen LogP contribution < -0.4 is 10.6 Å². The van der Waals surface area contributed by atoms with Crippen molar-refractivity contribution in [1.29, 1.82) is 0 Å². The molecule has 4 rings (SSSR count). The summed E-state index contributed by atoms with van der Waals surface area (Å²) in [5.41, 5.74) is 3.49. The number of hydrogen-bond acceptors (Lipinski definition) is 5. The predicted molar refractivity (Wildman–Crippen MR) is 134 cm³/mol. The lowest BCUT2D eigenvalue weighted by molar-refractivity contribution is 0.0905. The van der Waals surface area contributed by atoms with Crippen molar-refractivity contribution >= 4 is 11.8 Å².